The molecule has 1 heterocycles. The van der Waals surface area contributed by atoms with Crippen molar-refractivity contribution in [1.29, 1.82) is 0 Å². The number of nitrogens with zero attached hydrogens (tertiary/aromatic N) is 1. The lowest BCUT2D eigenvalue weighted by Gasteiger charge is -2.34. The summed E-state index contributed by atoms with van der Waals surface area (Å²) in [6.07, 6.45) is 0. The van der Waals surface area contributed by atoms with E-state index in [9.17, 15) is 9.18 Å². The zero-order chi connectivity index (χ0) is 16.9. The topological polar surface area (TPSA) is 44.4 Å². The Kier molecular flexibility index (Phi) is 5.23. The second-order valence-electron chi connectivity index (χ2n) is 6.10. The number of rotatable bonds is 4. The van der Waals surface area contributed by atoms with Crippen LogP contribution in [0.25, 0.3) is 0 Å². The van der Waals surface area contributed by atoms with Gasteiger partial charge >= 0.3 is 0 Å². The molecule has 1 unspecified atom stereocenters. The van der Waals surface area contributed by atoms with Crippen molar-refractivity contribution in [3.05, 3.63) is 65.5 Å². The smallest absolute Gasteiger partial charge is 0.246 e. The first-order valence-corrected chi connectivity index (χ1v) is 8.21. The van der Waals surface area contributed by atoms with Gasteiger partial charge in [-0.05, 0) is 36.8 Å². The Bertz CT molecular complexity index is 679. The Morgan fingerprint density at radius 3 is 2.33 bits per heavy atom. The number of anilines is 1. The van der Waals surface area contributed by atoms with E-state index in [0.29, 0.717) is 0 Å². The van der Waals surface area contributed by atoms with Crippen molar-refractivity contribution in [2.24, 2.45) is 0 Å². The summed E-state index contributed by atoms with van der Waals surface area (Å²) in [6.45, 7) is 5.26. The van der Waals surface area contributed by atoms with E-state index < -0.39 is 6.04 Å². The highest BCUT2D eigenvalue weighted by Gasteiger charge is 2.28. The molecule has 2 aromatic carbocycles. The van der Waals surface area contributed by atoms with Crippen LogP contribution >= 0.6 is 0 Å². The predicted molar refractivity (Wildman–Crippen MR) is 93.4 cm³/mol. The van der Waals surface area contributed by atoms with Crippen molar-refractivity contribution in [1.82, 2.24) is 10.2 Å². The van der Waals surface area contributed by atoms with Crippen molar-refractivity contribution >= 4 is 11.6 Å². The molecule has 0 aromatic heterocycles. The fraction of sp³-hybridized carbons (Fsp3) is 0.316. The number of hydrogen-bond acceptors (Lipinski definition) is 3. The minimum absolute atomic E-state index is 0.0904. The molecule has 1 aliphatic rings. The van der Waals surface area contributed by atoms with Gasteiger partial charge in [-0.3, -0.25) is 9.69 Å². The number of nitrogens with one attached hydrogen (secondary N) is 2. The molecule has 5 heteroatoms. The number of benzene rings is 2. The van der Waals surface area contributed by atoms with Gasteiger partial charge in [0.1, 0.15) is 11.9 Å². The van der Waals surface area contributed by atoms with Crippen LogP contribution in [0.1, 0.15) is 17.2 Å². The average molecular weight is 327 g/mol. The summed E-state index contributed by atoms with van der Waals surface area (Å²) in [5.41, 5.74) is 2.72. The van der Waals surface area contributed by atoms with Crippen molar-refractivity contribution in [3.8, 4) is 0 Å². The number of amides is 1. The standard InChI is InChI=1S/C19H22FN3O/c1-14-2-8-17(9-3-14)22-19(24)18(23-12-10-21-11-13-23)15-4-6-16(20)7-5-15/h2-9,18,21H,10-13H2,1H3,(H,22,24). The van der Waals surface area contributed by atoms with E-state index in [1.807, 2.05) is 31.2 Å². The van der Waals surface area contributed by atoms with Crippen molar-refractivity contribution in [2.75, 3.05) is 31.5 Å². The first kappa shape index (κ1) is 16.6. The molecule has 0 aliphatic carbocycles. The Morgan fingerprint density at radius 2 is 1.71 bits per heavy atom. The van der Waals surface area contributed by atoms with Gasteiger partial charge in [-0.2, -0.15) is 0 Å². The van der Waals surface area contributed by atoms with Gasteiger partial charge in [-0.1, -0.05) is 29.8 Å². The zero-order valence-corrected chi connectivity index (χ0v) is 13.8. The van der Waals surface area contributed by atoms with E-state index in [2.05, 4.69) is 15.5 Å². The lowest BCUT2D eigenvalue weighted by molar-refractivity contribution is -0.121. The van der Waals surface area contributed by atoms with Crippen LogP contribution in [0.15, 0.2) is 48.5 Å². The lowest BCUT2D eigenvalue weighted by Crippen LogP contribution is -2.48. The molecule has 0 spiro atoms. The highest BCUT2D eigenvalue weighted by Crippen LogP contribution is 2.24. The number of aryl methyl sites for hydroxylation is 1. The van der Waals surface area contributed by atoms with E-state index in [1.54, 1.807) is 12.1 Å². The van der Waals surface area contributed by atoms with E-state index >= 15 is 0 Å². The van der Waals surface area contributed by atoms with Crippen molar-refractivity contribution in [3.63, 3.8) is 0 Å². The molecule has 1 saturated heterocycles. The van der Waals surface area contributed by atoms with Crippen LogP contribution in [-0.2, 0) is 4.79 Å². The molecule has 1 atom stereocenters. The molecular weight excluding hydrogens is 305 g/mol. The van der Waals surface area contributed by atoms with Gasteiger partial charge in [0.2, 0.25) is 5.91 Å². The Hall–Kier alpha value is -2.24. The molecule has 3 rings (SSSR count). The van der Waals surface area contributed by atoms with Crippen molar-refractivity contribution in [2.45, 2.75) is 13.0 Å². The first-order valence-electron chi connectivity index (χ1n) is 8.21. The van der Waals surface area contributed by atoms with Gasteiger partial charge in [0, 0.05) is 31.9 Å². The van der Waals surface area contributed by atoms with Crippen LogP contribution in [-0.4, -0.2) is 37.0 Å². The van der Waals surface area contributed by atoms with E-state index in [1.165, 1.54) is 12.1 Å². The second-order valence-corrected chi connectivity index (χ2v) is 6.10. The van der Waals surface area contributed by atoms with Crippen LogP contribution in [0.4, 0.5) is 10.1 Å². The summed E-state index contributed by atoms with van der Waals surface area (Å²) >= 11 is 0. The number of hydrogen-bond donors (Lipinski definition) is 2. The first-order chi connectivity index (χ1) is 11.6. The van der Waals surface area contributed by atoms with Crippen LogP contribution < -0.4 is 10.6 Å². The lowest BCUT2D eigenvalue weighted by atomic mass is 10.0. The Labute approximate surface area is 141 Å². The number of piperazine rings is 1. The number of halogens is 1. The van der Waals surface area contributed by atoms with Crippen LogP contribution in [0, 0.1) is 12.7 Å². The fourth-order valence-corrected chi connectivity index (χ4v) is 2.96. The molecule has 24 heavy (non-hydrogen) atoms. The van der Waals surface area contributed by atoms with Crippen LogP contribution in [0.2, 0.25) is 0 Å². The van der Waals surface area contributed by atoms with Gasteiger partial charge in [0.25, 0.3) is 0 Å². The molecule has 2 aromatic rings. The third kappa shape index (κ3) is 3.99. The summed E-state index contributed by atoms with van der Waals surface area (Å²) in [5, 5.41) is 6.28. The summed E-state index contributed by atoms with van der Waals surface area (Å²) in [5.74, 6) is -0.385. The Morgan fingerprint density at radius 1 is 1.08 bits per heavy atom. The fourth-order valence-electron chi connectivity index (χ4n) is 2.96. The molecule has 0 radical (unpaired) electrons. The monoisotopic (exact) mass is 327 g/mol. The van der Waals surface area contributed by atoms with E-state index in [0.717, 1.165) is 43.0 Å². The maximum atomic E-state index is 13.3. The van der Waals surface area contributed by atoms with Crippen molar-refractivity contribution < 1.29 is 9.18 Å². The highest BCUT2D eigenvalue weighted by molar-refractivity contribution is 5.95. The van der Waals surface area contributed by atoms with Crippen LogP contribution in [0.3, 0.4) is 0 Å². The zero-order valence-electron chi connectivity index (χ0n) is 13.8. The minimum atomic E-state index is -0.422. The number of carbonyl (C=O) groups excluding carboxylic acids is 1. The third-order valence-corrected chi connectivity index (χ3v) is 4.27. The minimum Gasteiger partial charge on any atom is -0.324 e. The maximum absolute atomic E-state index is 13.3. The largest absolute Gasteiger partial charge is 0.324 e. The normalized spacial score (nSPS) is 16.6. The highest BCUT2D eigenvalue weighted by atomic mass is 19.1. The molecule has 0 saturated carbocycles. The molecule has 1 fully saturated rings. The average Bonchev–Trinajstić information content (AvgIpc) is 2.60. The third-order valence-electron chi connectivity index (χ3n) is 4.27. The Balaban J connectivity index is 1.83. The van der Waals surface area contributed by atoms with Gasteiger partial charge < -0.3 is 10.6 Å². The van der Waals surface area contributed by atoms with Gasteiger partial charge in [-0.15, -0.1) is 0 Å². The van der Waals surface area contributed by atoms with Gasteiger partial charge in [-0.25, -0.2) is 4.39 Å². The summed E-state index contributed by atoms with van der Waals surface area (Å²) in [4.78, 5) is 15.0. The molecule has 1 aliphatic heterocycles. The maximum Gasteiger partial charge on any atom is 0.246 e. The number of carbonyl (C=O) groups is 1. The molecule has 126 valence electrons. The quantitative estimate of drug-likeness (QED) is 0.907. The molecule has 4 nitrogen and oxygen atoms in total. The molecule has 2 N–H and O–H groups in total. The predicted octanol–water partition coefficient (Wildman–Crippen LogP) is 2.72. The van der Waals surface area contributed by atoms with E-state index in [4.69, 9.17) is 0 Å². The van der Waals surface area contributed by atoms with Gasteiger partial charge in [0.15, 0.2) is 0 Å². The van der Waals surface area contributed by atoms with E-state index in [-0.39, 0.29) is 11.7 Å². The summed E-state index contributed by atoms with van der Waals surface area (Å²) < 4.78 is 13.3. The molecule has 0 bridgehead atoms. The molecular formula is C19H22FN3O. The van der Waals surface area contributed by atoms with Crippen LogP contribution in [0.5, 0.6) is 0 Å². The SMILES string of the molecule is Cc1ccc(NC(=O)C(c2ccc(F)cc2)N2CCNCC2)cc1. The summed E-state index contributed by atoms with van der Waals surface area (Å²) in [6, 6.07) is 13.5. The second kappa shape index (κ2) is 7.55. The van der Waals surface area contributed by atoms with Gasteiger partial charge in [0.05, 0.1) is 0 Å². The summed E-state index contributed by atoms with van der Waals surface area (Å²) in [7, 11) is 0. The molecule has 1 amide bonds.